The minimum atomic E-state index is -1.35. The third-order valence-electron chi connectivity index (χ3n) is 5.22. The zero-order chi connectivity index (χ0) is 25.1. The van der Waals surface area contributed by atoms with Crippen LogP contribution in [0.25, 0.3) is 0 Å². The zero-order valence-electron chi connectivity index (χ0n) is 19.0. The van der Waals surface area contributed by atoms with E-state index in [1.165, 1.54) is 19.4 Å². The summed E-state index contributed by atoms with van der Waals surface area (Å²) in [7, 11) is 0. The van der Waals surface area contributed by atoms with Gasteiger partial charge in [-0.15, -0.1) is 0 Å². The monoisotopic (exact) mass is 467 g/mol. The lowest BCUT2D eigenvalue weighted by molar-refractivity contribution is -0.142. The summed E-state index contributed by atoms with van der Waals surface area (Å²) in [6.07, 6.45) is 3.23. The molecule has 0 radical (unpaired) electrons. The molecule has 1 aromatic heterocycles. The van der Waals surface area contributed by atoms with E-state index in [4.69, 9.17) is 11.5 Å². The van der Waals surface area contributed by atoms with Crippen molar-refractivity contribution in [1.29, 1.82) is 0 Å². The Morgan fingerprint density at radius 1 is 1.06 bits per heavy atom. The zero-order valence-corrected chi connectivity index (χ0v) is 19.0. The fourth-order valence-electron chi connectivity index (χ4n) is 2.83. The number of aromatic nitrogens is 2. The van der Waals surface area contributed by atoms with Crippen LogP contribution in [0.1, 0.15) is 45.7 Å². The largest absolute Gasteiger partial charge is 0.480 e. The quantitative estimate of drug-likeness (QED) is 0.164. The van der Waals surface area contributed by atoms with Crippen LogP contribution in [0.5, 0.6) is 0 Å². The van der Waals surface area contributed by atoms with Crippen LogP contribution >= 0.6 is 0 Å². The molecule has 184 valence electrons. The molecule has 13 nitrogen and oxygen atoms in total. The second-order valence-corrected chi connectivity index (χ2v) is 7.89. The number of aromatic amines is 1. The molecule has 1 aromatic rings. The Kier molecular flexibility index (Phi) is 11.0. The third-order valence-corrected chi connectivity index (χ3v) is 5.22. The van der Waals surface area contributed by atoms with Crippen molar-refractivity contribution in [3.05, 3.63) is 18.2 Å². The molecule has 0 saturated heterocycles. The molecule has 1 rings (SSSR count). The highest BCUT2D eigenvalue weighted by Gasteiger charge is 2.29. The number of amides is 4. The first-order chi connectivity index (χ1) is 15.5. The molecule has 0 spiro atoms. The van der Waals surface area contributed by atoms with Gasteiger partial charge in [0, 0.05) is 24.7 Å². The molecule has 5 unspecified atom stereocenters. The van der Waals surface area contributed by atoms with Crippen molar-refractivity contribution in [1.82, 2.24) is 25.9 Å². The lowest BCUT2D eigenvalue weighted by atomic mass is 9.98. The molecule has 5 atom stereocenters. The number of nitrogens with two attached hydrogens (primary N) is 2. The van der Waals surface area contributed by atoms with E-state index in [1.54, 1.807) is 0 Å². The molecule has 0 aliphatic rings. The van der Waals surface area contributed by atoms with Gasteiger partial charge >= 0.3 is 5.97 Å². The van der Waals surface area contributed by atoms with Gasteiger partial charge in [-0.25, -0.2) is 9.78 Å². The van der Waals surface area contributed by atoms with E-state index in [2.05, 4.69) is 25.9 Å². The Hall–Kier alpha value is -3.48. The SMILES string of the molecule is CCC(C)C(N)C(=O)NC(Cc1cnc[nH]1)C(=O)NC(C)C(=O)NC(CCC(N)=O)C(=O)O. The van der Waals surface area contributed by atoms with Gasteiger partial charge in [0.15, 0.2) is 0 Å². The first-order valence-corrected chi connectivity index (χ1v) is 10.6. The molecule has 13 heteroatoms. The van der Waals surface area contributed by atoms with Crippen LogP contribution in [0.4, 0.5) is 0 Å². The Morgan fingerprint density at radius 3 is 2.21 bits per heavy atom. The number of carbonyl (C=O) groups excluding carboxylic acids is 4. The minimum absolute atomic E-state index is 0.0650. The fraction of sp³-hybridized carbons (Fsp3) is 0.600. The molecule has 0 saturated carbocycles. The highest BCUT2D eigenvalue weighted by atomic mass is 16.4. The lowest BCUT2D eigenvalue weighted by Gasteiger charge is -2.24. The molecule has 0 aliphatic heterocycles. The number of carboxylic acids is 1. The van der Waals surface area contributed by atoms with Gasteiger partial charge in [0.05, 0.1) is 12.4 Å². The van der Waals surface area contributed by atoms with Crippen LogP contribution in [0.15, 0.2) is 12.5 Å². The predicted octanol–water partition coefficient (Wildman–Crippen LogP) is -1.85. The Bertz CT molecular complexity index is 829. The van der Waals surface area contributed by atoms with Crippen LogP contribution < -0.4 is 27.4 Å². The van der Waals surface area contributed by atoms with E-state index in [9.17, 15) is 29.1 Å². The van der Waals surface area contributed by atoms with Gasteiger partial charge in [-0.1, -0.05) is 20.3 Å². The summed E-state index contributed by atoms with van der Waals surface area (Å²) in [5.41, 5.74) is 11.6. The number of carboxylic acid groups (broad SMARTS) is 1. The van der Waals surface area contributed by atoms with Crippen LogP contribution in [0.2, 0.25) is 0 Å². The second kappa shape index (κ2) is 13.2. The molecular formula is C20H33N7O6. The van der Waals surface area contributed by atoms with E-state index >= 15 is 0 Å². The smallest absolute Gasteiger partial charge is 0.326 e. The van der Waals surface area contributed by atoms with Crippen LogP contribution in [0.3, 0.4) is 0 Å². The molecule has 0 aliphatic carbocycles. The fourth-order valence-corrected chi connectivity index (χ4v) is 2.83. The molecule has 9 N–H and O–H groups in total. The summed E-state index contributed by atoms with van der Waals surface area (Å²) in [5.74, 6) is -4.11. The van der Waals surface area contributed by atoms with Crippen molar-refractivity contribution in [2.45, 2.75) is 70.6 Å². The first-order valence-electron chi connectivity index (χ1n) is 10.6. The van der Waals surface area contributed by atoms with E-state index in [0.717, 1.165) is 0 Å². The number of imidazole rings is 1. The molecule has 4 amide bonds. The van der Waals surface area contributed by atoms with Gasteiger partial charge in [-0.3, -0.25) is 19.2 Å². The second-order valence-electron chi connectivity index (χ2n) is 7.89. The number of primary amides is 1. The number of carbonyl (C=O) groups is 5. The number of hydrogen-bond acceptors (Lipinski definition) is 7. The first kappa shape index (κ1) is 27.6. The van der Waals surface area contributed by atoms with Gasteiger partial charge in [-0.05, 0) is 19.3 Å². The molecule has 1 heterocycles. The lowest BCUT2D eigenvalue weighted by Crippen LogP contribution is -2.57. The summed E-state index contributed by atoms with van der Waals surface area (Å²) in [4.78, 5) is 66.7. The average Bonchev–Trinajstić information content (AvgIpc) is 3.27. The molecular weight excluding hydrogens is 434 g/mol. The topological polar surface area (TPSA) is 222 Å². The van der Waals surface area contributed by atoms with Crippen molar-refractivity contribution in [3.8, 4) is 0 Å². The van der Waals surface area contributed by atoms with Gasteiger partial charge in [0.2, 0.25) is 23.6 Å². The number of nitrogens with zero attached hydrogens (tertiary/aromatic N) is 1. The Morgan fingerprint density at radius 2 is 1.70 bits per heavy atom. The van der Waals surface area contributed by atoms with Crippen molar-refractivity contribution in [3.63, 3.8) is 0 Å². The average molecular weight is 468 g/mol. The van der Waals surface area contributed by atoms with Gasteiger partial charge in [-0.2, -0.15) is 0 Å². The van der Waals surface area contributed by atoms with E-state index in [0.29, 0.717) is 12.1 Å². The van der Waals surface area contributed by atoms with E-state index < -0.39 is 53.8 Å². The minimum Gasteiger partial charge on any atom is -0.480 e. The summed E-state index contributed by atoms with van der Waals surface area (Å²) in [6, 6.07) is -4.36. The predicted molar refractivity (Wildman–Crippen MR) is 117 cm³/mol. The van der Waals surface area contributed by atoms with E-state index in [-0.39, 0.29) is 25.2 Å². The maximum absolute atomic E-state index is 12.9. The summed E-state index contributed by atoms with van der Waals surface area (Å²) >= 11 is 0. The van der Waals surface area contributed by atoms with Crippen LogP contribution in [-0.4, -0.2) is 68.8 Å². The molecule has 0 aromatic carbocycles. The molecule has 0 bridgehead atoms. The van der Waals surface area contributed by atoms with Gasteiger partial charge < -0.3 is 37.5 Å². The maximum atomic E-state index is 12.9. The Labute approximate surface area is 191 Å². The highest BCUT2D eigenvalue weighted by Crippen LogP contribution is 2.07. The number of H-pyrrole nitrogens is 1. The number of hydrogen-bond donors (Lipinski definition) is 7. The van der Waals surface area contributed by atoms with Crippen LogP contribution in [0, 0.1) is 5.92 Å². The number of nitrogens with one attached hydrogen (secondary N) is 4. The van der Waals surface area contributed by atoms with Gasteiger partial charge in [0.25, 0.3) is 0 Å². The normalized spacial score (nSPS) is 15.4. The maximum Gasteiger partial charge on any atom is 0.326 e. The molecule has 33 heavy (non-hydrogen) atoms. The summed E-state index contributed by atoms with van der Waals surface area (Å²) < 4.78 is 0. The van der Waals surface area contributed by atoms with Crippen molar-refractivity contribution >= 4 is 29.6 Å². The van der Waals surface area contributed by atoms with E-state index in [1.807, 2.05) is 13.8 Å². The summed E-state index contributed by atoms with van der Waals surface area (Å²) in [6.45, 7) is 5.07. The van der Waals surface area contributed by atoms with Crippen molar-refractivity contribution in [2.24, 2.45) is 17.4 Å². The highest BCUT2D eigenvalue weighted by molar-refractivity contribution is 5.94. The Balaban J connectivity index is 2.85. The third kappa shape index (κ3) is 9.27. The standard InChI is InChI=1S/C20H33N7O6/c1-4-10(2)16(22)19(31)27-14(7-12-8-23-9-24-12)18(30)25-11(3)17(29)26-13(20(32)33)5-6-15(21)28/h8-11,13-14,16H,4-7,22H2,1-3H3,(H2,21,28)(H,23,24)(H,25,30)(H,26,29)(H,27,31)(H,32,33). The number of aliphatic carboxylic acids is 1. The van der Waals surface area contributed by atoms with Gasteiger partial charge in [0.1, 0.15) is 18.1 Å². The van der Waals surface area contributed by atoms with Crippen molar-refractivity contribution in [2.75, 3.05) is 0 Å². The number of rotatable bonds is 14. The van der Waals surface area contributed by atoms with Crippen LogP contribution in [-0.2, 0) is 30.4 Å². The van der Waals surface area contributed by atoms with Crippen molar-refractivity contribution < 1.29 is 29.1 Å². The summed E-state index contributed by atoms with van der Waals surface area (Å²) in [5, 5.41) is 16.6. The molecule has 0 fully saturated rings.